The molecule has 1 aromatic heterocycles. The van der Waals surface area contributed by atoms with E-state index in [4.69, 9.17) is 4.74 Å². The van der Waals surface area contributed by atoms with Crippen LogP contribution in [0.25, 0.3) is 10.6 Å². The van der Waals surface area contributed by atoms with Gasteiger partial charge in [-0.05, 0) is 48.7 Å². The van der Waals surface area contributed by atoms with Crippen LogP contribution in [0, 0.1) is 0 Å². The molecule has 5 heteroatoms. The fraction of sp³-hybridized carbons (Fsp3) is 0.273. The molecular weight excluding hydrogens is 356 g/mol. The van der Waals surface area contributed by atoms with Crippen LogP contribution in [0.3, 0.4) is 0 Å². The number of ether oxygens (including phenoxy) is 1. The lowest BCUT2D eigenvalue weighted by atomic mass is 10.00. The predicted octanol–water partition coefficient (Wildman–Crippen LogP) is 4.34. The standard InChI is InChI=1S/C22H22N2O2S/c1-2-26-20-9-7-17(8-10-20)22-23-19(15-27-22)13-21(25)24-12-11-16-5-3-4-6-18(16)14-24/h3-10,15H,2,11-14H2,1H3. The first kappa shape index (κ1) is 17.7. The molecule has 0 bridgehead atoms. The first-order chi connectivity index (χ1) is 13.2. The highest BCUT2D eigenvalue weighted by molar-refractivity contribution is 7.13. The molecule has 0 saturated heterocycles. The van der Waals surface area contributed by atoms with Crippen molar-refractivity contribution >= 4 is 17.2 Å². The monoisotopic (exact) mass is 378 g/mol. The van der Waals surface area contributed by atoms with Crippen LogP contribution in [0.4, 0.5) is 0 Å². The van der Waals surface area contributed by atoms with Gasteiger partial charge in [0, 0.05) is 24.0 Å². The molecule has 138 valence electrons. The number of carbonyl (C=O) groups is 1. The zero-order chi connectivity index (χ0) is 18.6. The Kier molecular flexibility index (Phi) is 5.21. The van der Waals surface area contributed by atoms with E-state index in [2.05, 4.69) is 23.2 Å². The van der Waals surface area contributed by atoms with Crippen LogP contribution in [-0.2, 0) is 24.2 Å². The van der Waals surface area contributed by atoms with Crippen molar-refractivity contribution in [2.24, 2.45) is 0 Å². The van der Waals surface area contributed by atoms with E-state index in [1.807, 2.05) is 47.5 Å². The summed E-state index contributed by atoms with van der Waals surface area (Å²) in [5, 5.41) is 2.92. The fourth-order valence-electron chi connectivity index (χ4n) is 3.36. The molecule has 2 heterocycles. The van der Waals surface area contributed by atoms with Crippen LogP contribution < -0.4 is 4.74 Å². The molecule has 1 aliphatic rings. The lowest BCUT2D eigenvalue weighted by molar-refractivity contribution is -0.131. The number of hydrogen-bond acceptors (Lipinski definition) is 4. The van der Waals surface area contributed by atoms with Gasteiger partial charge < -0.3 is 9.64 Å². The summed E-state index contributed by atoms with van der Waals surface area (Å²) in [6.45, 7) is 4.11. The number of fused-ring (bicyclic) bond motifs is 1. The van der Waals surface area contributed by atoms with Crippen molar-refractivity contribution in [3.63, 3.8) is 0 Å². The molecule has 0 aliphatic carbocycles. The summed E-state index contributed by atoms with van der Waals surface area (Å²) < 4.78 is 5.48. The summed E-state index contributed by atoms with van der Waals surface area (Å²) in [6.07, 6.45) is 1.28. The van der Waals surface area contributed by atoms with E-state index in [0.29, 0.717) is 19.6 Å². The van der Waals surface area contributed by atoms with Crippen molar-refractivity contribution in [2.45, 2.75) is 26.3 Å². The van der Waals surface area contributed by atoms with Gasteiger partial charge in [-0.2, -0.15) is 0 Å². The fourth-order valence-corrected chi connectivity index (χ4v) is 4.18. The maximum absolute atomic E-state index is 12.7. The third-order valence-electron chi connectivity index (χ3n) is 4.78. The molecule has 3 aromatic rings. The number of thiazole rings is 1. The van der Waals surface area contributed by atoms with Gasteiger partial charge in [-0.1, -0.05) is 24.3 Å². The van der Waals surface area contributed by atoms with Gasteiger partial charge in [0.1, 0.15) is 10.8 Å². The van der Waals surface area contributed by atoms with Gasteiger partial charge in [-0.25, -0.2) is 4.98 Å². The Hall–Kier alpha value is -2.66. The van der Waals surface area contributed by atoms with Crippen LogP contribution in [0.5, 0.6) is 5.75 Å². The van der Waals surface area contributed by atoms with Gasteiger partial charge in [0.25, 0.3) is 0 Å². The number of hydrogen-bond donors (Lipinski definition) is 0. The zero-order valence-electron chi connectivity index (χ0n) is 15.4. The Bertz CT molecular complexity index is 933. The molecule has 4 rings (SSSR count). The van der Waals surface area contributed by atoms with E-state index >= 15 is 0 Å². The number of rotatable bonds is 5. The summed E-state index contributed by atoms with van der Waals surface area (Å²) in [4.78, 5) is 19.3. The number of aromatic nitrogens is 1. The van der Waals surface area contributed by atoms with E-state index in [1.165, 1.54) is 11.1 Å². The van der Waals surface area contributed by atoms with Crippen LogP contribution >= 0.6 is 11.3 Å². The molecule has 2 aromatic carbocycles. The van der Waals surface area contributed by atoms with E-state index in [0.717, 1.165) is 35.0 Å². The summed E-state index contributed by atoms with van der Waals surface area (Å²) in [6, 6.07) is 16.3. The maximum atomic E-state index is 12.7. The van der Waals surface area contributed by atoms with E-state index in [9.17, 15) is 4.79 Å². The molecule has 27 heavy (non-hydrogen) atoms. The predicted molar refractivity (Wildman–Crippen MR) is 108 cm³/mol. The lowest BCUT2D eigenvalue weighted by Gasteiger charge is -2.28. The smallest absolute Gasteiger partial charge is 0.228 e. The molecule has 0 unspecified atom stereocenters. The molecular formula is C22H22N2O2S. The first-order valence-electron chi connectivity index (χ1n) is 9.25. The van der Waals surface area contributed by atoms with Crippen molar-refractivity contribution in [1.29, 1.82) is 0 Å². The Morgan fingerprint density at radius 2 is 1.93 bits per heavy atom. The molecule has 0 atom stereocenters. The largest absolute Gasteiger partial charge is 0.494 e. The van der Waals surface area contributed by atoms with E-state index in [1.54, 1.807) is 11.3 Å². The lowest BCUT2D eigenvalue weighted by Crippen LogP contribution is -2.36. The van der Waals surface area contributed by atoms with Crippen molar-refractivity contribution in [1.82, 2.24) is 9.88 Å². The summed E-state index contributed by atoms with van der Waals surface area (Å²) in [5.41, 5.74) is 4.50. The van der Waals surface area contributed by atoms with Crippen molar-refractivity contribution in [3.8, 4) is 16.3 Å². The molecule has 4 nitrogen and oxygen atoms in total. The van der Waals surface area contributed by atoms with Crippen LogP contribution in [0.1, 0.15) is 23.7 Å². The highest BCUT2D eigenvalue weighted by Crippen LogP contribution is 2.26. The quantitative estimate of drug-likeness (QED) is 0.663. The summed E-state index contributed by atoms with van der Waals surface area (Å²) in [7, 11) is 0. The second-order valence-corrected chi connectivity index (χ2v) is 7.47. The van der Waals surface area contributed by atoms with Gasteiger partial charge in [-0.15, -0.1) is 11.3 Å². The molecule has 1 aliphatic heterocycles. The molecule has 0 radical (unpaired) electrons. The van der Waals surface area contributed by atoms with Crippen molar-refractivity contribution in [3.05, 3.63) is 70.7 Å². The van der Waals surface area contributed by atoms with E-state index < -0.39 is 0 Å². The van der Waals surface area contributed by atoms with Gasteiger partial charge >= 0.3 is 0 Å². The van der Waals surface area contributed by atoms with Crippen LogP contribution in [-0.4, -0.2) is 28.9 Å². The molecule has 0 fully saturated rings. The van der Waals surface area contributed by atoms with Gasteiger partial charge in [0.05, 0.1) is 18.7 Å². The normalized spacial score (nSPS) is 13.3. The Morgan fingerprint density at radius 3 is 2.70 bits per heavy atom. The summed E-state index contributed by atoms with van der Waals surface area (Å²) >= 11 is 1.58. The van der Waals surface area contributed by atoms with Gasteiger partial charge in [-0.3, -0.25) is 4.79 Å². The Morgan fingerprint density at radius 1 is 1.15 bits per heavy atom. The van der Waals surface area contributed by atoms with Gasteiger partial charge in [0.15, 0.2) is 0 Å². The van der Waals surface area contributed by atoms with Crippen LogP contribution in [0.15, 0.2) is 53.9 Å². The summed E-state index contributed by atoms with van der Waals surface area (Å²) in [5.74, 6) is 1.01. The molecule has 0 saturated carbocycles. The topological polar surface area (TPSA) is 42.4 Å². The highest BCUT2D eigenvalue weighted by atomic mass is 32.1. The molecule has 0 N–H and O–H groups in total. The Labute approximate surface area is 163 Å². The Balaban J connectivity index is 1.41. The molecule has 0 spiro atoms. The zero-order valence-corrected chi connectivity index (χ0v) is 16.2. The average Bonchev–Trinajstić information content (AvgIpc) is 3.17. The number of benzene rings is 2. The van der Waals surface area contributed by atoms with E-state index in [-0.39, 0.29) is 5.91 Å². The number of amides is 1. The minimum atomic E-state index is 0.146. The third kappa shape index (κ3) is 4.03. The minimum absolute atomic E-state index is 0.146. The SMILES string of the molecule is CCOc1ccc(-c2nc(CC(=O)N3CCc4ccccc4C3)cs2)cc1. The minimum Gasteiger partial charge on any atom is -0.494 e. The third-order valence-corrected chi connectivity index (χ3v) is 5.72. The second-order valence-electron chi connectivity index (χ2n) is 6.61. The maximum Gasteiger partial charge on any atom is 0.228 e. The van der Waals surface area contributed by atoms with Crippen molar-refractivity contribution in [2.75, 3.05) is 13.2 Å². The first-order valence-corrected chi connectivity index (χ1v) is 10.1. The van der Waals surface area contributed by atoms with Crippen molar-refractivity contribution < 1.29 is 9.53 Å². The van der Waals surface area contributed by atoms with Gasteiger partial charge in [0.2, 0.25) is 5.91 Å². The van der Waals surface area contributed by atoms with Crippen LogP contribution in [0.2, 0.25) is 0 Å². The average molecular weight is 378 g/mol. The molecule has 1 amide bonds. The number of carbonyl (C=O) groups excluding carboxylic acids is 1. The second kappa shape index (κ2) is 7.92. The number of nitrogens with zero attached hydrogens (tertiary/aromatic N) is 2. The highest BCUT2D eigenvalue weighted by Gasteiger charge is 2.21.